The standard InChI is InChI=1S/C18H28N2O.ClH/c1-14(2)13-20(16-8-4-5-9-16)18(21)12-11-15-7-3-6-10-17(15)19;/h3,6-7,10,14,16H,4-5,8-9,11-13,19H2,1-2H3;1H. The third-order valence-electron chi connectivity index (χ3n) is 4.31. The fourth-order valence-corrected chi connectivity index (χ4v) is 3.21. The highest BCUT2D eigenvalue weighted by molar-refractivity contribution is 5.85. The smallest absolute Gasteiger partial charge is 0.223 e. The van der Waals surface area contributed by atoms with E-state index in [9.17, 15) is 4.79 Å². The minimum absolute atomic E-state index is 0. The van der Waals surface area contributed by atoms with Crippen LogP contribution in [0.3, 0.4) is 0 Å². The van der Waals surface area contributed by atoms with E-state index in [-0.39, 0.29) is 12.4 Å². The van der Waals surface area contributed by atoms with Gasteiger partial charge in [-0.3, -0.25) is 4.79 Å². The summed E-state index contributed by atoms with van der Waals surface area (Å²) >= 11 is 0. The van der Waals surface area contributed by atoms with Gasteiger partial charge in [0.15, 0.2) is 0 Å². The van der Waals surface area contributed by atoms with Crippen molar-refractivity contribution in [3.63, 3.8) is 0 Å². The molecule has 0 atom stereocenters. The van der Waals surface area contributed by atoms with E-state index in [1.807, 2.05) is 24.3 Å². The molecule has 1 aliphatic rings. The van der Waals surface area contributed by atoms with Crippen molar-refractivity contribution >= 4 is 24.0 Å². The number of hydrogen-bond acceptors (Lipinski definition) is 2. The monoisotopic (exact) mass is 324 g/mol. The summed E-state index contributed by atoms with van der Waals surface area (Å²) < 4.78 is 0. The average Bonchev–Trinajstić information content (AvgIpc) is 2.97. The molecule has 0 spiro atoms. The predicted octanol–water partition coefficient (Wildman–Crippen LogP) is 4.05. The van der Waals surface area contributed by atoms with Crippen molar-refractivity contribution < 1.29 is 4.79 Å². The number of carbonyl (C=O) groups is 1. The molecule has 0 unspecified atom stereocenters. The number of hydrogen-bond donors (Lipinski definition) is 1. The lowest BCUT2D eigenvalue weighted by Gasteiger charge is -2.31. The van der Waals surface area contributed by atoms with Crippen LogP contribution in [0.1, 0.15) is 51.5 Å². The Balaban J connectivity index is 0.00000242. The highest BCUT2D eigenvalue weighted by atomic mass is 35.5. The number of nitrogen functional groups attached to an aromatic ring is 1. The number of halogens is 1. The largest absolute Gasteiger partial charge is 0.399 e. The number of nitrogens with zero attached hydrogens (tertiary/aromatic N) is 1. The minimum atomic E-state index is 0. The molecule has 0 aliphatic heterocycles. The SMILES string of the molecule is CC(C)CN(C(=O)CCc1ccccc1N)C1CCCC1.Cl. The zero-order valence-electron chi connectivity index (χ0n) is 13.8. The predicted molar refractivity (Wildman–Crippen MR) is 95.2 cm³/mol. The van der Waals surface area contributed by atoms with Gasteiger partial charge < -0.3 is 10.6 Å². The van der Waals surface area contributed by atoms with E-state index in [1.165, 1.54) is 25.7 Å². The molecule has 0 saturated heterocycles. The van der Waals surface area contributed by atoms with E-state index in [1.54, 1.807) is 0 Å². The summed E-state index contributed by atoms with van der Waals surface area (Å²) in [4.78, 5) is 14.8. The van der Waals surface area contributed by atoms with Crippen molar-refractivity contribution in [3.05, 3.63) is 29.8 Å². The van der Waals surface area contributed by atoms with Crippen molar-refractivity contribution in [1.82, 2.24) is 4.90 Å². The van der Waals surface area contributed by atoms with Gasteiger partial charge in [0.05, 0.1) is 0 Å². The van der Waals surface area contributed by atoms with Gasteiger partial charge in [-0.15, -0.1) is 12.4 Å². The second kappa shape index (κ2) is 9.04. The van der Waals surface area contributed by atoms with Gasteiger partial charge in [0.2, 0.25) is 5.91 Å². The Hall–Kier alpha value is -1.22. The molecule has 1 aromatic carbocycles. The van der Waals surface area contributed by atoms with Gasteiger partial charge in [0, 0.05) is 24.7 Å². The molecule has 4 heteroatoms. The summed E-state index contributed by atoms with van der Waals surface area (Å²) in [5.41, 5.74) is 7.84. The Morgan fingerprint density at radius 1 is 1.27 bits per heavy atom. The molecule has 0 radical (unpaired) electrons. The van der Waals surface area contributed by atoms with Crippen molar-refractivity contribution in [2.75, 3.05) is 12.3 Å². The van der Waals surface area contributed by atoms with Gasteiger partial charge in [-0.05, 0) is 36.8 Å². The lowest BCUT2D eigenvalue weighted by molar-refractivity contribution is -0.134. The van der Waals surface area contributed by atoms with Crippen LogP contribution in [0.5, 0.6) is 0 Å². The van der Waals surface area contributed by atoms with Crippen LogP contribution in [0.4, 0.5) is 5.69 Å². The molecular weight excluding hydrogens is 296 g/mol. The fraction of sp³-hybridized carbons (Fsp3) is 0.611. The number of carbonyl (C=O) groups excluding carboxylic acids is 1. The van der Waals surface area contributed by atoms with Crippen LogP contribution < -0.4 is 5.73 Å². The summed E-state index contributed by atoms with van der Waals surface area (Å²) in [6.07, 6.45) is 6.18. The van der Waals surface area contributed by atoms with Gasteiger partial charge in [0.25, 0.3) is 0 Å². The quantitative estimate of drug-likeness (QED) is 0.802. The molecule has 1 aromatic rings. The summed E-state index contributed by atoms with van der Waals surface area (Å²) in [6.45, 7) is 5.25. The van der Waals surface area contributed by atoms with Crippen LogP contribution in [0.2, 0.25) is 0 Å². The van der Waals surface area contributed by atoms with E-state index in [0.717, 1.165) is 24.2 Å². The number of nitrogens with two attached hydrogens (primary N) is 1. The third kappa shape index (κ3) is 5.20. The Labute approximate surface area is 140 Å². The molecule has 2 rings (SSSR count). The summed E-state index contributed by atoms with van der Waals surface area (Å²) in [6, 6.07) is 8.31. The van der Waals surface area contributed by atoms with Crippen LogP contribution in [0, 0.1) is 5.92 Å². The zero-order chi connectivity index (χ0) is 15.2. The molecule has 0 heterocycles. The highest BCUT2D eigenvalue weighted by Crippen LogP contribution is 2.25. The molecule has 1 aliphatic carbocycles. The second-order valence-electron chi connectivity index (χ2n) is 6.58. The Kier molecular flexibility index (Phi) is 7.74. The average molecular weight is 325 g/mol. The van der Waals surface area contributed by atoms with Gasteiger partial charge in [0.1, 0.15) is 0 Å². The minimum Gasteiger partial charge on any atom is -0.399 e. The van der Waals surface area contributed by atoms with Crippen molar-refractivity contribution in [1.29, 1.82) is 0 Å². The summed E-state index contributed by atoms with van der Waals surface area (Å²) in [7, 11) is 0. The van der Waals surface area contributed by atoms with Crippen LogP contribution in [-0.2, 0) is 11.2 Å². The first-order chi connectivity index (χ1) is 10.1. The molecular formula is C18H29ClN2O. The van der Waals surface area contributed by atoms with Crippen molar-refractivity contribution in [2.24, 2.45) is 5.92 Å². The normalized spacial score (nSPS) is 14.9. The number of para-hydroxylation sites is 1. The first-order valence-corrected chi connectivity index (χ1v) is 8.20. The molecule has 22 heavy (non-hydrogen) atoms. The molecule has 1 amide bonds. The van der Waals surface area contributed by atoms with Gasteiger partial charge in [-0.1, -0.05) is 44.9 Å². The highest BCUT2D eigenvalue weighted by Gasteiger charge is 2.26. The van der Waals surface area contributed by atoms with E-state index in [0.29, 0.717) is 24.3 Å². The Morgan fingerprint density at radius 3 is 2.50 bits per heavy atom. The van der Waals surface area contributed by atoms with E-state index in [2.05, 4.69) is 18.7 Å². The first-order valence-electron chi connectivity index (χ1n) is 8.20. The first kappa shape index (κ1) is 18.8. The van der Waals surface area contributed by atoms with Crippen molar-refractivity contribution in [2.45, 2.75) is 58.4 Å². The second-order valence-corrected chi connectivity index (χ2v) is 6.58. The Bertz CT molecular complexity index is 470. The molecule has 2 N–H and O–H groups in total. The summed E-state index contributed by atoms with van der Waals surface area (Å²) in [5, 5.41) is 0. The zero-order valence-corrected chi connectivity index (χ0v) is 14.6. The van der Waals surface area contributed by atoms with Gasteiger partial charge in [-0.2, -0.15) is 0 Å². The van der Waals surface area contributed by atoms with Gasteiger partial charge in [-0.25, -0.2) is 0 Å². The molecule has 0 aromatic heterocycles. The van der Waals surface area contributed by atoms with Gasteiger partial charge >= 0.3 is 0 Å². The third-order valence-corrected chi connectivity index (χ3v) is 4.31. The lowest BCUT2D eigenvalue weighted by atomic mass is 10.1. The number of aryl methyl sites for hydroxylation is 1. The number of benzene rings is 1. The number of anilines is 1. The Morgan fingerprint density at radius 2 is 1.91 bits per heavy atom. The molecule has 1 fully saturated rings. The van der Waals surface area contributed by atoms with Crippen LogP contribution in [0.25, 0.3) is 0 Å². The van der Waals surface area contributed by atoms with Crippen LogP contribution in [0.15, 0.2) is 24.3 Å². The number of rotatable bonds is 6. The van der Waals surface area contributed by atoms with Crippen LogP contribution >= 0.6 is 12.4 Å². The van der Waals surface area contributed by atoms with Crippen LogP contribution in [-0.4, -0.2) is 23.4 Å². The topological polar surface area (TPSA) is 46.3 Å². The van der Waals surface area contributed by atoms with E-state index < -0.39 is 0 Å². The van der Waals surface area contributed by atoms with Crippen molar-refractivity contribution in [3.8, 4) is 0 Å². The maximum absolute atomic E-state index is 12.6. The molecule has 3 nitrogen and oxygen atoms in total. The molecule has 124 valence electrons. The molecule has 1 saturated carbocycles. The lowest BCUT2D eigenvalue weighted by Crippen LogP contribution is -2.41. The van der Waals surface area contributed by atoms with E-state index in [4.69, 9.17) is 5.73 Å². The maximum Gasteiger partial charge on any atom is 0.223 e. The number of amides is 1. The maximum atomic E-state index is 12.6. The summed E-state index contributed by atoms with van der Waals surface area (Å²) in [5.74, 6) is 0.815. The molecule has 0 bridgehead atoms. The van der Waals surface area contributed by atoms with E-state index >= 15 is 0 Å². The fourth-order valence-electron chi connectivity index (χ4n) is 3.21.